The molecule has 1 fully saturated rings. The number of carbonyl (C=O) groups excluding carboxylic acids is 1. The van der Waals surface area contributed by atoms with E-state index in [4.69, 9.17) is 0 Å². The topological polar surface area (TPSA) is 46.1 Å². The van der Waals surface area contributed by atoms with Gasteiger partial charge in [-0.1, -0.05) is 18.2 Å². The number of nitrogens with zero attached hydrogens (tertiary/aromatic N) is 3. The number of benzene rings is 1. The van der Waals surface area contributed by atoms with E-state index in [1.54, 1.807) is 18.3 Å². The van der Waals surface area contributed by atoms with Gasteiger partial charge in [0.25, 0.3) is 5.91 Å². The van der Waals surface area contributed by atoms with Gasteiger partial charge in [-0.3, -0.25) is 9.78 Å². The van der Waals surface area contributed by atoms with Gasteiger partial charge in [-0.25, -0.2) is 9.37 Å². The van der Waals surface area contributed by atoms with Crippen molar-refractivity contribution >= 4 is 17.2 Å². The van der Waals surface area contributed by atoms with Crippen molar-refractivity contribution in [3.63, 3.8) is 0 Å². The maximum Gasteiger partial charge on any atom is 0.266 e. The van der Waals surface area contributed by atoms with Crippen molar-refractivity contribution in [1.29, 1.82) is 0 Å². The number of hydrogen-bond acceptors (Lipinski definition) is 4. The van der Waals surface area contributed by atoms with Crippen molar-refractivity contribution in [3.05, 3.63) is 70.6 Å². The summed E-state index contributed by atoms with van der Waals surface area (Å²) < 4.78 is 13.2. The maximum atomic E-state index is 13.2. The fourth-order valence-corrected chi connectivity index (χ4v) is 4.36. The molecule has 0 aliphatic carbocycles. The maximum absolute atomic E-state index is 13.2. The van der Waals surface area contributed by atoms with Crippen molar-refractivity contribution in [2.24, 2.45) is 0 Å². The molecular formula is C20H18FN3OS. The normalized spacial score (nSPS) is 16.8. The Hall–Kier alpha value is -2.60. The largest absolute Gasteiger partial charge is 0.331 e. The van der Waals surface area contributed by atoms with Gasteiger partial charge in [0.1, 0.15) is 15.7 Å². The molecule has 132 valence electrons. The molecule has 1 aliphatic heterocycles. The average Bonchev–Trinajstić information content (AvgIpc) is 3.29. The van der Waals surface area contributed by atoms with Gasteiger partial charge in [0.05, 0.1) is 17.4 Å². The molecule has 26 heavy (non-hydrogen) atoms. The lowest BCUT2D eigenvalue weighted by molar-refractivity contribution is 0.0739. The Morgan fingerprint density at radius 1 is 1.23 bits per heavy atom. The number of likely N-dealkylation sites (tertiary alicyclic amines) is 1. The molecule has 3 aromatic rings. The monoisotopic (exact) mass is 367 g/mol. The molecule has 4 rings (SSSR count). The lowest BCUT2D eigenvalue weighted by atomic mass is 10.0. The third kappa shape index (κ3) is 3.12. The summed E-state index contributed by atoms with van der Waals surface area (Å²) in [5.41, 5.74) is 2.48. The van der Waals surface area contributed by atoms with Crippen LogP contribution in [0.2, 0.25) is 0 Å². The Bertz CT molecular complexity index is 924. The van der Waals surface area contributed by atoms with E-state index in [0.29, 0.717) is 11.4 Å². The number of amides is 1. The first kappa shape index (κ1) is 16.8. The molecule has 1 saturated heterocycles. The second-order valence-electron chi connectivity index (χ2n) is 6.36. The molecule has 6 heteroatoms. The van der Waals surface area contributed by atoms with Crippen molar-refractivity contribution in [1.82, 2.24) is 14.9 Å². The first-order chi connectivity index (χ1) is 12.6. The lowest BCUT2D eigenvalue weighted by Crippen LogP contribution is -2.30. The highest BCUT2D eigenvalue weighted by Gasteiger charge is 2.32. The van der Waals surface area contributed by atoms with Crippen LogP contribution in [0.5, 0.6) is 0 Å². The molecule has 3 heterocycles. The molecular weight excluding hydrogens is 349 g/mol. The molecule has 1 aromatic carbocycles. The number of carbonyl (C=O) groups is 1. The quantitative estimate of drug-likeness (QED) is 0.678. The average molecular weight is 367 g/mol. The fraction of sp³-hybridized carbons (Fsp3) is 0.250. The van der Waals surface area contributed by atoms with E-state index in [1.165, 1.54) is 23.5 Å². The van der Waals surface area contributed by atoms with Crippen molar-refractivity contribution in [2.45, 2.75) is 25.8 Å². The first-order valence-electron chi connectivity index (χ1n) is 8.59. The summed E-state index contributed by atoms with van der Waals surface area (Å²) in [4.78, 5) is 24.6. The van der Waals surface area contributed by atoms with Gasteiger partial charge < -0.3 is 4.90 Å². The molecule has 0 spiro atoms. The van der Waals surface area contributed by atoms with Crippen LogP contribution in [-0.2, 0) is 0 Å². The summed E-state index contributed by atoms with van der Waals surface area (Å²) in [5.74, 6) is -0.267. The van der Waals surface area contributed by atoms with Crippen LogP contribution in [-0.4, -0.2) is 27.3 Å². The van der Waals surface area contributed by atoms with Crippen LogP contribution in [0.3, 0.4) is 0 Å². The second kappa shape index (κ2) is 6.96. The van der Waals surface area contributed by atoms with E-state index < -0.39 is 0 Å². The number of rotatable bonds is 3. The Balaban J connectivity index is 1.63. The van der Waals surface area contributed by atoms with Crippen molar-refractivity contribution in [3.8, 4) is 10.7 Å². The van der Waals surface area contributed by atoms with Gasteiger partial charge in [0.2, 0.25) is 0 Å². The molecule has 1 aliphatic rings. The SMILES string of the molecule is Cc1nc(-c2ccccn2)sc1C(=O)N1CCCC1c1ccc(F)cc1. The summed E-state index contributed by atoms with van der Waals surface area (Å²) in [7, 11) is 0. The van der Waals surface area contributed by atoms with E-state index in [9.17, 15) is 9.18 Å². The van der Waals surface area contributed by atoms with E-state index >= 15 is 0 Å². The molecule has 0 radical (unpaired) electrons. The van der Waals surface area contributed by atoms with Gasteiger partial charge in [0.15, 0.2) is 0 Å². The summed E-state index contributed by atoms with van der Waals surface area (Å²) >= 11 is 1.38. The minimum atomic E-state index is -0.261. The minimum Gasteiger partial charge on any atom is -0.331 e. The Labute approximate surface area is 155 Å². The molecule has 4 nitrogen and oxygen atoms in total. The Kier molecular flexibility index (Phi) is 4.51. The predicted molar refractivity (Wildman–Crippen MR) is 99.5 cm³/mol. The third-order valence-corrected chi connectivity index (χ3v) is 5.81. The van der Waals surface area contributed by atoms with E-state index in [-0.39, 0.29) is 17.8 Å². The van der Waals surface area contributed by atoms with E-state index in [1.807, 2.05) is 30.0 Å². The fourth-order valence-electron chi connectivity index (χ4n) is 3.37. The van der Waals surface area contributed by atoms with Gasteiger partial charge in [-0.15, -0.1) is 11.3 Å². The second-order valence-corrected chi connectivity index (χ2v) is 7.36. The summed E-state index contributed by atoms with van der Waals surface area (Å²) in [6, 6.07) is 12.1. The highest BCUT2D eigenvalue weighted by atomic mass is 32.1. The van der Waals surface area contributed by atoms with Gasteiger partial charge in [-0.05, 0) is 49.6 Å². The molecule has 0 saturated carbocycles. The van der Waals surface area contributed by atoms with Crippen LogP contribution in [0.1, 0.15) is 39.8 Å². The number of thiazole rings is 1. The number of halogens is 1. The highest BCUT2D eigenvalue weighted by Crippen LogP contribution is 2.35. The summed E-state index contributed by atoms with van der Waals surface area (Å²) in [5, 5.41) is 0.754. The Morgan fingerprint density at radius 2 is 2.04 bits per heavy atom. The van der Waals surface area contributed by atoms with Crippen LogP contribution in [0.25, 0.3) is 10.7 Å². The number of aromatic nitrogens is 2. The smallest absolute Gasteiger partial charge is 0.266 e. The first-order valence-corrected chi connectivity index (χ1v) is 9.40. The zero-order valence-corrected chi connectivity index (χ0v) is 15.2. The molecule has 1 unspecified atom stereocenters. The zero-order valence-electron chi connectivity index (χ0n) is 14.4. The minimum absolute atomic E-state index is 0.00555. The standard InChI is InChI=1S/C20H18FN3OS/c1-13-18(26-19(23-13)16-5-2-3-11-22-16)20(25)24-12-4-6-17(24)14-7-9-15(21)10-8-14/h2-3,5,7-11,17H,4,6,12H2,1H3. The van der Waals surface area contributed by atoms with E-state index in [0.717, 1.165) is 34.8 Å². The van der Waals surface area contributed by atoms with Crippen molar-refractivity contribution in [2.75, 3.05) is 6.54 Å². The highest BCUT2D eigenvalue weighted by molar-refractivity contribution is 7.17. The third-order valence-electron chi connectivity index (χ3n) is 4.64. The molecule has 1 amide bonds. The van der Waals surface area contributed by atoms with Crippen LogP contribution in [0.15, 0.2) is 48.7 Å². The number of aryl methyl sites for hydroxylation is 1. The summed E-state index contributed by atoms with van der Waals surface area (Å²) in [6.45, 7) is 2.57. The zero-order chi connectivity index (χ0) is 18.1. The van der Waals surface area contributed by atoms with Crippen LogP contribution < -0.4 is 0 Å². The van der Waals surface area contributed by atoms with Crippen molar-refractivity contribution < 1.29 is 9.18 Å². The van der Waals surface area contributed by atoms with Crippen LogP contribution in [0, 0.1) is 12.7 Å². The molecule has 2 aromatic heterocycles. The Morgan fingerprint density at radius 3 is 2.77 bits per heavy atom. The van der Waals surface area contributed by atoms with Crippen LogP contribution in [0.4, 0.5) is 4.39 Å². The van der Waals surface area contributed by atoms with Gasteiger partial charge in [0, 0.05) is 12.7 Å². The van der Waals surface area contributed by atoms with Crippen LogP contribution >= 0.6 is 11.3 Å². The summed E-state index contributed by atoms with van der Waals surface area (Å²) in [6.07, 6.45) is 3.56. The van der Waals surface area contributed by atoms with Gasteiger partial charge >= 0.3 is 0 Å². The van der Waals surface area contributed by atoms with E-state index in [2.05, 4.69) is 9.97 Å². The molecule has 1 atom stereocenters. The number of pyridine rings is 1. The predicted octanol–water partition coefficient (Wildman–Crippen LogP) is 4.63. The van der Waals surface area contributed by atoms with Gasteiger partial charge in [-0.2, -0.15) is 0 Å². The lowest BCUT2D eigenvalue weighted by Gasteiger charge is -2.24. The number of hydrogen-bond donors (Lipinski definition) is 0. The molecule has 0 N–H and O–H groups in total. The molecule has 0 bridgehead atoms.